The zero-order valence-electron chi connectivity index (χ0n) is 11.6. The molecule has 2 aromatic rings. The molecule has 0 aliphatic carbocycles. The van der Waals surface area contributed by atoms with Crippen molar-refractivity contribution in [3.63, 3.8) is 0 Å². The van der Waals surface area contributed by atoms with Crippen LogP contribution >= 0.6 is 0 Å². The number of hydrogen-bond acceptors (Lipinski definition) is 1. The van der Waals surface area contributed by atoms with Crippen LogP contribution in [0.25, 0.3) is 0 Å². The lowest BCUT2D eigenvalue weighted by Gasteiger charge is -2.19. The van der Waals surface area contributed by atoms with Gasteiger partial charge in [-0.2, -0.15) is 0 Å². The van der Waals surface area contributed by atoms with E-state index in [1.54, 1.807) is 0 Å². The Balaban J connectivity index is 1.76. The van der Waals surface area contributed by atoms with Gasteiger partial charge in [0.05, 0.1) is 12.7 Å². The molecule has 3 rings (SSSR count). The van der Waals surface area contributed by atoms with Gasteiger partial charge in [-0.3, -0.25) is 0 Å². The van der Waals surface area contributed by atoms with Crippen molar-refractivity contribution in [3.05, 3.63) is 84.4 Å². The second-order valence-electron chi connectivity index (χ2n) is 5.43. The molecular formula is C19H20O. The third kappa shape index (κ3) is 2.68. The Labute approximate surface area is 120 Å². The van der Waals surface area contributed by atoms with Gasteiger partial charge in [-0.25, -0.2) is 0 Å². The number of ether oxygens (including phenoxy) is 1. The summed E-state index contributed by atoms with van der Waals surface area (Å²) in [5.41, 5.74) is 2.63. The van der Waals surface area contributed by atoms with E-state index in [9.17, 15) is 0 Å². The Kier molecular flexibility index (Phi) is 3.98. The van der Waals surface area contributed by atoms with Crippen molar-refractivity contribution >= 4 is 0 Å². The maximum Gasteiger partial charge on any atom is 0.0891 e. The van der Waals surface area contributed by atoms with Gasteiger partial charge in [-0.1, -0.05) is 66.7 Å². The van der Waals surface area contributed by atoms with Crippen molar-refractivity contribution < 1.29 is 4.74 Å². The molecule has 3 atom stereocenters. The van der Waals surface area contributed by atoms with Gasteiger partial charge in [0.1, 0.15) is 0 Å². The summed E-state index contributed by atoms with van der Waals surface area (Å²) in [6.45, 7) is 4.84. The summed E-state index contributed by atoms with van der Waals surface area (Å²) < 4.78 is 6.06. The van der Waals surface area contributed by atoms with Crippen LogP contribution in [0.1, 0.15) is 17.2 Å². The third-order valence-electron chi connectivity index (χ3n) is 4.12. The molecule has 1 saturated heterocycles. The molecule has 0 bridgehead atoms. The smallest absolute Gasteiger partial charge is 0.0891 e. The highest BCUT2D eigenvalue weighted by atomic mass is 16.5. The average Bonchev–Trinajstić information content (AvgIpc) is 2.92. The topological polar surface area (TPSA) is 9.23 Å². The predicted octanol–water partition coefficient (Wildman–Crippen LogP) is 4.42. The van der Waals surface area contributed by atoms with E-state index < -0.39 is 0 Å². The summed E-state index contributed by atoms with van der Waals surface area (Å²) in [5.74, 6) is 0.901. The first kappa shape index (κ1) is 13.1. The summed E-state index contributed by atoms with van der Waals surface area (Å²) in [5, 5.41) is 0. The Morgan fingerprint density at radius 2 is 1.65 bits per heavy atom. The Hall–Kier alpha value is -1.86. The molecule has 0 spiro atoms. The highest BCUT2D eigenvalue weighted by Crippen LogP contribution is 2.40. The summed E-state index contributed by atoms with van der Waals surface area (Å²) >= 11 is 0. The van der Waals surface area contributed by atoms with E-state index in [-0.39, 0.29) is 6.10 Å². The molecule has 1 heteroatoms. The van der Waals surface area contributed by atoms with Crippen LogP contribution < -0.4 is 0 Å². The Morgan fingerprint density at radius 3 is 2.30 bits per heavy atom. The second-order valence-corrected chi connectivity index (χ2v) is 5.43. The largest absolute Gasteiger partial charge is 0.373 e. The molecule has 0 amide bonds. The van der Waals surface area contributed by atoms with Gasteiger partial charge < -0.3 is 4.74 Å². The van der Waals surface area contributed by atoms with Gasteiger partial charge in [0.15, 0.2) is 0 Å². The van der Waals surface area contributed by atoms with Crippen molar-refractivity contribution in [3.8, 4) is 0 Å². The van der Waals surface area contributed by atoms with Gasteiger partial charge >= 0.3 is 0 Å². The van der Waals surface area contributed by atoms with Crippen molar-refractivity contribution in [2.75, 3.05) is 6.61 Å². The van der Waals surface area contributed by atoms with Crippen LogP contribution in [0, 0.1) is 11.8 Å². The van der Waals surface area contributed by atoms with Crippen LogP contribution in [0.5, 0.6) is 0 Å². The predicted molar refractivity (Wildman–Crippen MR) is 82.5 cm³/mol. The molecule has 1 fully saturated rings. The molecule has 20 heavy (non-hydrogen) atoms. The molecule has 1 heterocycles. The molecule has 1 aliphatic rings. The molecular weight excluding hydrogens is 244 g/mol. The summed E-state index contributed by atoms with van der Waals surface area (Å²) in [6, 6.07) is 21.1. The highest BCUT2D eigenvalue weighted by Gasteiger charge is 2.35. The monoisotopic (exact) mass is 264 g/mol. The third-order valence-corrected chi connectivity index (χ3v) is 4.12. The molecule has 1 nitrogen and oxygen atoms in total. The molecule has 2 aromatic carbocycles. The van der Waals surface area contributed by atoms with Crippen LogP contribution in [-0.4, -0.2) is 6.61 Å². The second kappa shape index (κ2) is 6.06. The highest BCUT2D eigenvalue weighted by molar-refractivity contribution is 5.22. The van der Waals surface area contributed by atoms with Crippen LogP contribution in [0.2, 0.25) is 0 Å². The maximum atomic E-state index is 6.06. The van der Waals surface area contributed by atoms with E-state index in [4.69, 9.17) is 4.74 Å². The Bertz CT molecular complexity index is 546. The van der Waals surface area contributed by atoms with Gasteiger partial charge in [-0.15, -0.1) is 6.58 Å². The van der Waals surface area contributed by atoms with Gasteiger partial charge in [0, 0.05) is 5.92 Å². The fourth-order valence-electron chi connectivity index (χ4n) is 3.09. The number of hydrogen-bond donors (Lipinski definition) is 0. The first-order valence-corrected chi connectivity index (χ1v) is 7.21. The van der Waals surface area contributed by atoms with Crippen molar-refractivity contribution in [2.45, 2.75) is 12.5 Å². The zero-order chi connectivity index (χ0) is 13.8. The summed E-state index contributed by atoms with van der Waals surface area (Å²) in [6.07, 6.45) is 3.28. The lowest BCUT2D eigenvalue weighted by atomic mass is 9.84. The molecule has 0 saturated carbocycles. The molecule has 0 N–H and O–H groups in total. The standard InChI is InChI=1S/C19H20O/c1-2-18-17(13-15-9-5-3-6-10-15)14-20-19(18)16-11-7-4-8-12-16/h2-12,17-19H,1,13-14H2. The van der Waals surface area contributed by atoms with Crippen molar-refractivity contribution in [1.82, 2.24) is 0 Å². The van der Waals surface area contributed by atoms with Crippen LogP contribution in [-0.2, 0) is 11.2 Å². The lowest BCUT2D eigenvalue weighted by Crippen LogP contribution is -2.15. The van der Waals surface area contributed by atoms with Crippen LogP contribution in [0.4, 0.5) is 0 Å². The van der Waals surface area contributed by atoms with E-state index in [0.717, 1.165) is 13.0 Å². The van der Waals surface area contributed by atoms with Crippen molar-refractivity contribution in [2.24, 2.45) is 11.8 Å². The average molecular weight is 264 g/mol. The maximum absolute atomic E-state index is 6.06. The fourth-order valence-corrected chi connectivity index (χ4v) is 3.09. The normalized spacial score (nSPS) is 25.5. The molecule has 1 aliphatic heterocycles. The molecule has 102 valence electrons. The van der Waals surface area contributed by atoms with Gasteiger partial charge in [-0.05, 0) is 23.5 Å². The minimum absolute atomic E-state index is 0.155. The summed E-state index contributed by atoms with van der Waals surface area (Å²) in [4.78, 5) is 0. The number of benzene rings is 2. The SMILES string of the molecule is C=CC1C(Cc2ccccc2)COC1c1ccccc1. The number of rotatable bonds is 4. The molecule has 0 aromatic heterocycles. The minimum atomic E-state index is 0.155. The summed E-state index contributed by atoms with van der Waals surface area (Å²) in [7, 11) is 0. The quantitative estimate of drug-likeness (QED) is 0.743. The van der Waals surface area contributed by atoms with E-state index in [0.29, 0.717) is 11.8 Å². The molecule has 0 radical (unpaired) electrons. The van der Waals surface area contributed by atoms with E-state index in [1.165, 1.54) is 11.1 Å². The van der Waals surface area contributed by atoms with Gasteiger partial charge in [0.25, 0.3) is 0 Å². The minimum Gasteiger partial charge on any atom is -0.373 e. The van der Waals surface area contributed by atoms with Crippen molar-refractivity contribution in [1.29, 1.82) is 0 Å². The first-order chi connectivity index (χ1) is 9.88. The van der Waals surface area contributed by atoms with Crippen LogP contribution in [0.3, 0.4) is 0 Å². The first-order valence-electron chi connectivity index (χ1n) is 7.21. The van der Waals surface area contributed by atoms with E-state index in [1.807, 2.05) is 6.07 Å². The zero-order valence-corrected chi connectivity index (χ0v) is 11.6. The molecule has 3 unspecified atom stereocenters. The lowest BCUT2D eigenvalue weighted by molar-refractivity contribution is 0.0977. The van der Waals surface area contributed by atoms with Crippen LogP contribution in [0.15, 0.2) is 73.3 Å². The Morgan fingerprint density at radius 1 is 1.00 bits per heavy atom. The van der Waals surface area contributed by atoms with E-state index in [2.05, 4.69) is 67.3 Å². The van der Waals surface area contributed by atoms with Gasteiger partial charge in [0.2, 0.25) is 0 Å². The van der Waals surface area contributed by atoms with E-state index >= 15 is 0 Å². The fraction of sp³-hybridized carbons (Fsp3) is 0.263.